The van der Waals surface area contributed by atoms with Crippen LogP contribution in [-0.2, 0) is 14.2 Å². The lowest BCUT2D eigenvalue weighted by atomic mass is 9.90. The number of carboxylic acid groups (broad SMARTS) is 2. The summed E-state index contributed by atoms with van der Waals surface area (Å²) in [6.45, 7) is 1.19. The molecule has 2 aliphatic rings. The molecule has 0 saturated carbocycles. The lowest BCUT2D eigenvalue weighted by Gasteiger charge is -2.38. The second-order valence-corrected chi connectivity index (χ2v) is 7.97. The molecule has 2 N–H and O–H groups in total. The molecule has 2 aromatic rings. The fraction of sp³-hybridized carbons (Fsp3) is 0.417. The molecular formula is C24H26O7. The van der Waals surface area contributed by atoms with Crippen LogP contribution in [0.15, 0.2) is 48.5 Å². The van der Waals surface area contributed by atoms with E-state index in [0.29, 0.717) is 13.2 Å². The molecule has 2 saturated heterocycles. The zero-order valence-electron chi connectivity index (χ0n) is 17.1. The van der Waals surface area contributed by atoms with Crippen molar-refractivity contribution in [1.29, 1.82) is 0 Å². The number of ether oxygens (including phenoxy) is 3. The van der Waals surface area contributed by atoms with Gasteiger partial charge in [-0.2, -0.15) is 0 Å². The quantitative estimate of drug-likeness (QED) is 0.712. The predicted molar refractivity (Wildman–Crippen MR) is 111 cm³/mol. The van der Waals surface area contributed by atoms with E-state index in [2.05, 4.69) is 0 Å². The second-order valence-electron chi connectivity index (χ2n) is 7.97. The van der Waals surface area contributed by atoms with Crippen LogP contribution in [0.25, 0.3) is 0 Å². The molecule has 7 heteroatoms. The molecule has 4 unspecified atom stereocenters. The largest absolute Gasteiger partial charge is 0.478 e. The number of hydrogen-bond acceptors (Lipinski definition) is 5. The molecule has 0 spiro atoms. The summed E-state index contributed by atoms with van der Waals surface area (Å²) in [7, 11) is 0. The van der Waals surface area contributed by atoms with Gasteiger partial charge in [-0.05, 0) is 61.1 Å². The second kappa shape index (κ2) is 9.60. The van der Waals surface area contributed by atoms with Crippen LogP contribution in [0.4, 0.5) is 0 Å². The van der Waals surface area contributed by atoms with Gasteiger partial charge in [-0.3, -0.25) is 0 Å². The minimum absolute atomic E-state index is 0.0165. The Balaban J connectivity index is 1.51. The number of carboxylic acids is 2. The molecule has 0 radical (unpaired) electrons. The summed E-state index contributed by atoms with van der Waals surface area (Å²) in [5, 5.41) is 18.3. The molecule has 31 heavy (non-hydrogen) atoms. The van der Waals surface area contributed by atoms with Crippen LogP contribution in [0, 0.1) is 0 Å². The maximum atomic E-state index is 11.1. The fourth-order valence-corrected chi connectivity index (χ4v) is 4.30. The highest BCUT2D eigenvalue weighted by atomic mass is 16.8. The fourth-order valence-electron chi connectivity index (χ4n) is 4.30. The van der Waals surface area contributed by atoms with Gasteiger partial charge >= 0.3 is 11.9 Å². The van der Waals surface area contributed by atoms with Crippen molar-refractivity contribution in [3.63, 3.8) is 0 Å². The first-order chi connectivity index (χ1) is 15.0. The Hall–Kier alpha value is -2.74. The Morgan fingerprint density at radius 2 is 1.10 bits per heavy atom. The van der Waals surface area contributed by atoms with Gasteiger partial charge in [-0.25, -0.2) is 9.59 Å². The van der Waals surface area contributed by atoms with Crippen molar-refractivity contribution in [2.75, 3.05) is 13.2 Å². The number of aromatic carboxylic acids is 2. The van der Waals surface area contributed by atoms with Gasteiger partial charge in [0, 0.05) is 25.0 Å². The van der Waals surface area contributed by atoms with Gasteiger partial charge in [-0.15, -0.1) is 0 Å². The van der Waals surface area contributed by atoms with Crippen molar-refractivity contribution < 1.29 is 34.0 Å². The molecule has 7 nitrogen and oxygen atoms in total. The molecular weight excluding hydrogens is 400 g/mol. The zero-order chi connectivity index (χ0) is 21.8. The summed E-state index contributed by atoms with van der Waals surface area (Å²) < 4.78 is 18.3. The first-order valence-electron chi connectivity index (χ1n) is 10.6. The summed E-state index contributed by atoms with van der Waals surface area (Å²) in [4.78, 5) is 22.3. The zero-order valence-corrected chi connectivity index (χ0v) is 17.1. The van der Waals surface area contributed by atoms with Gasteiger partial charge in [0.05, 0.1) is 11.1 Å². The van der Waals surface area contributed by atoms with E-state index >= 15 is 0 Å². The molecule has 2 heterocycles. The number of benzene rings is 2. The SMILES string of the molecule is O=C(O)c1ccc(C2CCCOC2OC2OCCCC2c2ccc(C(=O)O)cc2)cc1. The average Bonchev–Trinajstić information content (AvgIpc) is 2.80. The van der Waals surface area contributed by atoms with Crippen molar-refractivity contribution >= 4 is 11.9 Å². The van der Waals surface area contributed by atoms with Gasteiger partial charge in [-0.1, -0.05) is 24.3 Å². The van der Waals surface area contributed by atoms with Crippen molar-refractivity contribution in [3.05, 3.63) is 70.8 Å². The smallest absolute Gasteiger partial charge is 0.335 e. The average molecular weight is 426 g/mol. The van der Waals surface area contributed by atoms with E-state index in [0.717, 1.165) is 36.8 Å². The van der Waals surface area contributed by atoms with Crippen molar-refractivity contribution in [2.24, 2.45) is 0 Å². The Bertz CT molecular complexity index is 831. The maximum absolute atomic E-state index is 11.1. The van der Waals surface area contributed by atoms with Gasteiger partial charge in [0.15, 0.2) is 12.6 Å². The standard InChI is InChI=1S/C24H26O7/c25-21(26)17-9-5-15(6-10-17)19-3-1-13-29-23(19)31-24-20(4-2-14-30-24)16-7-11-18(12-8-16)22(27)28/h5-12,19-20,23-24H,1-4,13-14H2,(H,25,26)(H,27,28). The molecule has 2 aromatic carbocycles. The third kappa shape index (κ3) is 4.95. The minimum Gasteiger partial charge on any atom is -0.478 e. The van der Waals surface area contributed by atoms with Gasteiger partial charge in [0.2, 0.25) is 0 Å². The monoisotopic (exact) mass is 426 g/mol. The normalized spacial score (nSPS) is 26.3. The summed E-state index contributed by atoms with van der Waals surface area (Å²) in [6.07, 6.45) is 2.57. The molecule has 4 rings (SSSR count). The third-order valence-corrected chi connectivity index (χ3v) is 5.98. The molecule has 164 valence electrons. The Kier molecular flexibility index (Phi) is 6.65. The van der Waals surface area contributed by atoms with E-state index in [1.807, 2.05) is 24.3 Å². The summed E-state index contributed by atoms with van der Waals surface area (Å²) in [6, 6.07) is 13.7. The topological polar surface area (TPSA) is 102 Å². The van der Waals surface area contributed by atoms with Crippen LogP contribution in [0.5, 0.6) is 0 Å². The summed E-state index contributed by atoms with van der Waals surface area (Å²) in [5.74, 6) is -1.94. The molecule has 0 aromatic heterocycles. The van der Waals surface area contributed by atoms with Crippen LogP contribution in [0.3, 0.4) is 0 Å². The Morgan fingerprint density at radius 3 is 1.45 bits per heavy atom. The van der Waals surface area contributed by atoms with Crippen LogP contribution in [0.2, 0.25) is 0 Å². The van der Waals surface area contributed by atoms with E-state index in [9.17, 15) is 9.59 Å². The highest BCUT2D eigenvalue weighted by Crippen LogP contribution is 2.37. The number of carbonyl (C=O) groups is 2. The van der Waals surface area contributed by atoms with Crippen molar-refractivity contribution in [1.82, 2.24) is 0 Å². The van der Waals surface area contributed by atoms with Crippen LogP contribution >= 0.6 is 0 Å². The summed E-state index contributed by atoms with van der Waals surface area (Å²) in [5.41, 5.74) is 2.46. The number of hydrogen-bond donors (Lipinski definition) is 2. The van der Waals surface area contributed by atoms with Crippen molar-refractivity contribution in [2.45, 2.75) is 50.1 Å². The first kappa shape index (κ1) is 21.5. The maximum Gasteiger partial charge on any atom is 0.335 e. The Morgan fingerprint density at radius 1 is 0.710 bits per heavy atom. The van der Waals surface area contributed by atoms with E-state index in [1.165, 1.54) is 0 Å². The van der Waals surface area contributed by atoms with Gasteiger partial charge in [0.1, 0.15) is 0 Å². The van der Waals surface area contributed by atoms with E-state index in [1.54, 1.807) is 24.3 Å². The summed E-state index contributed by atoms with van der Waals surface area (Å²) >= 11 is 0. The van der Waals surface area contributed by atoms with Gasteiger partial charge < -0.3 is 24.4 Å². The molecule has 2 aliphatic heterocycles. The van der Waals surface area contributed by atoms with Crippen LogP contribution in [0.1, 0.15) is 69.4 Å². The lowest BCUT2D eigenvalue weighted by Crippen LogP contribution is -2.39. The highest BCUT2D eigenvalue weighted by Gasteiger charge is 2.36. The third-order valence-electron chi connectivity index (χ3n) is 5.98. The predicted octanol–water partition coefficient (Wildman–Crippen LogP) is 4.24. The van der Waals surface area contributed by atoms with Crippen LogP contribution < -0.4 is 0 Å². The number of rotatable bonds is 6. The molecule has 0 aliphatic carbocycles. The van der Waals surface area contributed by atoms with Crippen molar-refractivity contribution in [3.8, 4) is 0 Å². The van der Waals surface area contributed by atoms with E-state index < -0.39 is 24.5 Å². The molecule has 4 atom stereocenters. The molecule has 0 amide bonds. The Labute approximate surface area is 180 Å². The van der Waals surface area contributed by atoms with E-state index in [-0.39, 0.29) is 23.0 Å². The van der Waals surface area contributed by atoms with E-state index in [4.69, 9.17) is 24.4 Å². The first-order valence-corrected chi connectivity index (χ1v) is 10.6. The molecule has 2 fully saturated rings. The minimum atomic E-state index is -0.952. The van der Waals surface area contributed by atoms with Crippen LogP contribution in [-0.4, -0.2) is 47.9 Å². The highest BCUT2D eigenvalue weighted by molar-refractivity contribution is 5.88. The lowest BCUT2D eigenvalue weighted by molar-refractivity contribution is -0.277. The molecule has 0 bridgehead atoms. The van der Waals surface area contributed by atoms with Gasteiger partial charge in [0.25, 0.3) is 0 Å².